The average Bonchev–Trinajstić information content (AvgIpc) is 2.64. The van der Waals surface area contributed by atoms with Crippen LogP contribution in [-0.2, 0) is 9.59 Å². The van der Waals surface area contributed by atoms with Gasteiger partial charge in [0.05, 0.1) is 5.92 Å². The Bertz CT molecular complexity index is 707. The Labute approximate surface area is 146 Å². The summed E-state index contributed by atoms with van der Waals surface area (Å²) in [4.78, 5) is 24.1. The van der Waals surface area contributed by atoms with Crippen molar-refractivity contribution in [3.63, 3.8) is 0 Å². The summed E-state index contributed by atoms with van der Waals surface area (Å²) in [5.74, 6) is -1.78. The molecule has 132 valence electrons. The summed E-state index contributed by atoms with van der Waals surface area (Å²) in [5.41, 5.74) is 5.59. The van der Waals surface area contributed by atoms with Crippen molar-refractivity contribution in [2.24, 2.45) is 0 Å². The zero-order chi connectivity index (χ0) is 18.1. The van der Waals surface area contributed by atoms with Gasteiger partial charge in [-0.25, -0.2) is 4.39 Å². The predicted molar refractivity (Wildman–Crippen MR) is 92.3 cm³/mol. The smallest absolute Gasteiger partial charge is 0.276 e. The molecule has 5 nitrogen and oxygen atoms in total. The van der Waals surface area contributed by atoms with Gasteiger partial charge in [0, 0.05) is 0 Å². The van der Waals surface area contributed by atoms with E-state index in [9.17, 15) is 14.0 Å². The summed E-state index contributed by atoms with van der Waals surface area (Å²) in [5, 5.41) is 0. The molecule has 2 N–H and O–H groups in total. The summed E-state index contributed by atoms with van der Waals surface area (Å²) in [6.45, 7) is 1.59. The normalized spacial score (nSPS) is 11.4. The van der Waals surface area contributed by atoms with Crippen molar-refractivity contribution in [1.29, 1.82) is 0 Å². The number of hydrogen-bond acceptors (Lipinski definition) is 3. The zero-order valence-corrected chi connectivity index (χ0v) is 14.0. The highest BCUT2D eigenvalue weighted by Gasteiger charge is 2.20. The van der Waals surface area contributed by atoms with Crippen LogP contribution in [0.25, 0.3) is 0 Å². The molecule has 0 bridgehead atoms. The van der Waals surface area contributed by atoms with E-state index in [4.69, 9.17) is 4.74 Å². The third-order valence-electron chi connectivity index (χ3n) is 3.62. The molecule has 2 aromatic rings. The fourth-order valence-electron chi connectivity index (χ4n) is 2.38. The topological polar surface area (TPSA) is 67.4 Å². The Morgan fingerprint density at radius 1 is 1.04 bits per heavy atom. The molecule has 0 radical (unpaired) electrons. The molecule has 0 spiro atoms. The Morgan fingerprint density at radius 3 is 2.40 bits per heavy atom. The number of amides is 2. The Balaban J connectivity index is 1.85. The standard InChI is InChI=1S/C19H21FN2O3/c1-2-8-15(14-9-4-3-5-10-14)19(24)22-21-18(23)13-25-17-12-7-6-11-16(17)20/h3-7,9-12,15H,2,8,13H2,1H3,(H,21,23)(H,22,24)/t15-/m0/s1. The van der Waals surface area contributed by atoms with Gasteiger partial charge in [0.25, 0.3) is 5.91 Å². The molecule has 1 atom stereocenters. The average molecular weight is 344 g/mol. The second-order valence-electron chi connectivity index (χ2n) is 5.51. The molecule has 0 aromatic heterocycles. The quantitative estimate of drug-likeness (QED) is 0.759. The molecular formula is C19H21FN2O3. The predicted octanol–water partition coefficient (Wildman–Crippen LogP) is 2.94. The van der Waals surface area contributed by atoms with E-state index < -0.39 is 18.3 Å². The number of benzene rings is 2. The molecule has 0 heterocycles. The Hall–Kier alpha value is -2.89. The van der Waals surface area contributed by atoms with Crippen molar-refractivity contribution in [3.05, 3.63) is 66.0 Å². The molecular weight excluding hydrogens is 323 g/mol. The first kappa shape index (κ1) is 18.4. The van der Waals surface area contributed by atoms with Gasteiger partial charge in [0.15, 0.2) is 18.2 Å². The van der Waals surface area contributed by atoms with E-state index >= 15 is 0 Å². The molecule has 0 saturated carbocycles. The van der Waals surface area contributed by atoms with Gasteiger partial charge in [-0.15, -0.1) is 0 Å². The van der Waals surface area contributed by atoms with E-state index in [1.54, 1.807) is 6.07 Å². The van der Waals surface area contributed by atoms with Crippen LogP contribution in [0.1, 0.15) is 31.2 Å². The molecule has 0 saturated heterocycles. The number of carbonyl (C=O) groups excluding carboxylic acids is 2. The Morgan fingerprint density at radius 2 is 1.72 bits per heavy atom. The molecule has 0 aliphatic heterocycles. The maximum atomic E-state index is 13.4. The minimum absolute atomic E-state index is 0.0166. The highest BCUT2D eigenvalue weighted by Crippen LogP contribution is 2.21. The summed E-state index contributed by atoms with van der Waals surface area (Å²) in [7, 11) is 0. The minimum Gasteiger partial charge on any atom is -0.481 e. The lowest BCUT2D eigenvalue weighted by atomic mass is 9.94. The molecule has 25 heavy (non-hydrogen) atoms. The maximum Gasteiger partial charge on any atom is 0.276 e. The van der Waals surface area contributed by atoms with Crippen LogP contribution in [-0.4, -0.2) is 18.4 Å². The summed E-state index contributed by atoms with van der Waals surface area (Å²) in [6, 6.07) is 15.2. The van der Waals surface area contributed by atoms with Crippen molar-refractivity contribution in [2.45, 2.75) is 25.7 Å². The summed E-state index contributed by atoms with van der Waals surface area (Å²) >= 11 is 0. The van der Waals surface area contributed by atoms with Gasteiger partial charge in [-0.05, 0) is 24.1 Å². The van der Waals surface area contributed by atoms with Gasteiger partial charge in [-0.2, -0.15) is 0 Å². The first-order valence-electron chi connectivity index (χ1n) is 8.12. The number of carbonyl (C=O) groups is 2. The highest BCUT2D eigenvalue weighted by molar-refractivity contribution is 5.86. The lowest BCUT2D eigenvalue weighted by molar-refractivity contribution is -0.130. The second-order valence-corrected chi connectivity index (χ2v) is 5.51. The largest absolute Gasteiger partial charge is 0.481 e. The van der Waals surface area contributed by atoms with Crippen LogP contribution in [0.3, 0.4) is 0 Å². The van der Waals surface area contributed by atoms with Gasteiger partial charge in [0.2, 0.25) is 5.91 Å². The molecule has 0 unspecified atom stereocenters. The van der Waals surface area contributed by atoms with Gasteiger partial charge in [-0.3, -0.25) is 20.4 Å². The number of ether oxygens (including phenoxy) is 1. The van der Waals surface area contributed by atoms with Crippen molar-refractivity contribution in [3.8, 4) is 5.75 Å². The minimum atomic E-state index is -0.570. The molecule has 2 aromatic carbocycles. The van der Waals surface area contributed by atoms with Crippen LogP contribution in [0.15, 0.2) is 54.6 Å². The van der Waals surface area contributed by atoms with Crippen molar-refractivity contribution in [2.75, 3.05) is 6.61 Å². The lowest BCUT2D eigenvalue weighted by Crippen LogP contribution is -2.45. The fourth-order valence-corrected chi connectivity index (χ4v) is 2.38. The number of nitrogens with one attached hydrogen (secondary N) is 2. The molecule has 2 rings (SSSR count). The van der Waals surface area contributed by atoms with E-state index in [-0.39, 0.29) is 17.6 Å². The van der Waals surface area contributed by atoms with E-state index in [0.29, 0.717) is 6.42 Å². The van der Waals surface area contributed by atoms with Crippen LogP contribution in [0, 0.1) is 5.82 Å². The van der Waals surface area contributed by atoms with E-state index in [1.165, 1.54) is 18.2 Å². The van der Waals surface area contributed by atoms with E-state index in [2.05, 4.69) is 10.9 Å². The van der Waals surface area contributed by atoms with Crippen molar-refractivity contribution in [1.82, 2.24) is 10.9 Å². The summed E-state index contributed by atoms with van der Waals surface area (Å²) < 4.78 is 18.5. The van der Waals surface area contributed by atoms with Crippen LogP contribution in [0.5, 0.6) is 5.75 Å². The lowest BCUT2D eigenvalue weighted by Gasteiger charge is -2.17. The van der Waals surface area contributed by atoms with Crippen LogP contribution >= 0.6 is 0 Å². The SMILES string of the molecule is CCC[C@H](C(=O)NNC(=O)COc1ccccc1F)c1ccccc1. The molecule has 2 amide bonds. The second kappa shape index (κ2) is 9.42. The van der Waals surface area contributed by atoms with Gasteiger partial charge >= 0.3 is 0 Å². The number of halogens is 1. The van der Waals surface area contributed by atoms with Gasteiger partial charge in [-0.1, -0.05) is 55.8 Å². The maximum absolute atomic E-state index is 13.4. The fraction of sp³-hybridized carbons (Fsp3) is 0.263. The van der Waals surface area contributed by atoms with Crippen LogP contribution in [0.2, 0.25) is 0 Å². The van der Waals surface area contributed by atoms with Crippen LogP contribution < -0.4 is 15.6 Å². The monoisotopic (exact) mass is 344 g/mol. The molecule has 6 heteroatoms. The molecule has 0 aliphatic rings. The third-order valence-corrected chi connectivity index (χ3v) is 3.62. The zero-order valence-electron chi connectivity index (χ0n) is 14.0. The van der Waals surface area contributed by atoms with Crippen LogP contribution in [0.4, 0.5) is 4.39 Å². The first-order chi connectivity index (χ1) is 12.1. The third kappa shape index (κ3) is 5.60. The number of para-hydroxylation sites is 1. The van der Waals surface area contributed by atoms with Gasteiger partial charge in [0.1, 0.15) is 0 Å². The van der Waals surface area contributed by atoms with E-state index in [0.717, 1.165) is 12.0 Å². The highest BCUT2D eigenvalue weighted by atomic mass is 19.1. The van der Waals surface area contributed by atoms with Crippen molar-refractivity contribution >= 4 is 11.8 Å². The van der Waals surface area contributed by atoms with Gasteiger partial charge < -0.3 is 4.74 Å². The summed E-state index contributed by atoms with van der Waals surface area (Å²) in [6.07, 6.45) is 1.49. The van der Waals surface area contributed by atoms with E-state index in [1.807, 2.05) is 37.3 Å². The Kier molecular flexibility index (Phi) is 6.95. The molecule has 0 fully saturated rings. The number of rotatable bonds is 7. The molecule has 0 aliphatic carbocycles. The first-order valence-corrected chi connectivity index (χ1v) is 8.12. The number of hydrogen-bond donors (Lipinski definition) is 2. The van der Waals surface area contributed by atoms with Crippen molar-refractivity contribution < 1.29 is 18.7 Å². The number of hydrazine groups is 1.